The minimum Gasteiger partial charge on any atom is -0.338 e. The van der Waals surface area contributed by atoms with Gasteiger partial charge in [-0.3, -0.25) is 4.79 Å². The number of nitrogens with one attached hydrogen (secondary N) is 1. The number of carbonyl (C=O) groups is 1. The molecule has 0 aliphatic heterocycles. The zero-order valence-electron chi connectivity index (χ0n) is 21.3. The number of aryl methyl sites for hydroxylation is 1. The molecule has 0 aliphatic carbocycles. The first-order valence-corrected chi connectivity index (χ1v) is 11.7. The van der Waals surface area contributed by atoms with E-state index in [0.29, 0.717) is 5.56 Å². The van der Waals surface area contributed by atoms with Gasteiger partial charge in [0.15, 0.2) is 5.78 Å². The van der Waals surface area contributed by atoms with Crippen molar-refractivity contribution in [1.29, 1.82) is 0 Å². The monoisotopic (exact) mass is 422 g/mol. The Kier molecular flexibility index (Phi) is 13.9. The van der Waals surface area contributed by atoms with Crippen LogP contribution in [0.3, 0.4) is 0 Å². The summed E-state index contributed by atoms with van der Waals surface area (Å²) in [6.45, 7) is 20.2. The van der Waals surface area contributed by atoms with Crippen LogP contribution in [0.25, 0.3) is 28.5 Å². The highest BCUT2D eigenvalue weighted by atomic mass is 16.1. The van der Waals surface area contributed by atoms with Gasteiger partial charge in [-0.05, 0) is 62.1 Å². The van der Waals surface area contributed by atoms with Crippen molar-refractivity contribution in [3.05, 3.63) is 58.7 Å². The number of allylic oxidation sites excluding steroid dienone is 1. The summed E-state index contributed by atoms with van der Waals surface area (Å²) in [5.41, 5.74) is 7.28. The molecule has 0 amide bonds. The molecule has 3 heteroatoms. The Bertz CT molecular complexity index is 965. The summed E-state index contributed by atoms with van der Waals surface area (Å²) in [5.74, 6) is 0.904. The molecule has 3 nitrogen and oxygen atoms in total. The van der Waals surface area contributed by atoms with Gasteiger partial charge in [0.05, 0.1) is 11.0 Å². The van der Waals surface area contributed by atoms with E-state index in [1.165, 1.54) is 23.1 Å². The van der Waals surface area contributed by atoms with E-state index in [-0.39, 0.29) is 5.78 Å². The minimum atomic E-state index is 0.0616. The molecular formula is C28H42N2O. The first-order valence-electron chi connectivity index (χ1n) is 11.7. The van der Waals surface area contributed by atoms with Crippen molar-refractivity contribution in [3.8, 4) is 11.4 Å². The van der Waals surface area contributed by atoms with Crippen molar-refractivity contribution < 1.29 is 4.79 Å². The highest BCUT2D eigenvalue weighted by molar-refractivity contribution is 5.97. The summed E-state index contributed by atoms with van der Waals surface area (Å²) in [6.07, 6.45) is 6.63. The maximum Gasteiger partial charge on any atom is 0.159 e. The summed E-state index contributed by atoms with van der Waals surface area (Å²) >= 11 is 0. The van der Waals surface area contributed by atoms with Gasteiger partial charge in [0.1, 0.15) is 5.82 Å². The lowest BCUT2D eigenvalue weighted by atomic mass is 9.96. The summed E-state index contributed by atoms with van der Waals surface area (Å²) in [6, 6.07) is 9.83. The van der Waals surface area contributed by atoms with Crippen LogP contribution in [0, 0.1) is 13.8 Å². The Morgan fingerprint density at radius 3 is 2.16 bits per heavy atom. The molecule has 1 N–H and O–H groups in total. The van der Waals surface area contributed by atoms with Crippen LogP contribution < -0.4 is 0 Å². The van der Waals surface area contributed by atoms with Gasteiger partial charge in [-0.25, -0.2) is 4.98 Å². The van der Waals surface area contributed by atoms with Crippen LogP contribution >= 0.6 is 0 Å². The van der Waals surface area contributed by atoms with Gasteiger partial charge < -0.3 is 4.98 Å². The first kappa shape index (κ1) is 28.3. The van der Waals surface area contributed by atoms with Crippen LogP contribution in [0.1, 0.15) is 95.3 Å². The molecule has 0 aliphatic rings. The second-order valence-electron chi connectivity index (χ2n) is 6.86. The van der Waals surface area contributed by atoms with Gasteiger partial charge >= 0.3 is 0 Å². The van der Waals surface area contributed by atoms with Crippen LogP contribution in [-0.2, 0) is 0 Å². The van der Waals surface area contributed by atoms with E-state index in [4.69, 9.17) is 4.98 Å². The largest absolute Gasteiger partial charge is 0.338 e. The standard InChI is InChI=1S/C21H22N2O.C3H8.2C2H6/c1-5-6-7-17-13(2)8-10-18(14(17)3)21-22-19-11-9-16(15(4)24)12-20(19)23-21;1-3-2;2*1-2/h6-12H,5H2,1-4H3,(H,22,23);3H2,1-2H3;2*1-2H3/b7-6-;;;. The molecule has 2 aromatic carbocycles. The molecule has 3 rings (SSSR count). The van der Waals surface area contributed by atoms with E-state index < -0.39 is 0 Å². The average Bonchev–Trinajstić information content (AvgIpc) is 3.20. The topological polar surface area (TPSA) is 45.8 Å². The van der Waals surface area contributed by atoms with Gasteiger partial charge in [0.2, 0.25) is 0 Å². The second kappa shape index (κ2) is 15.2. The van der Waals surface area contributed by atoms with Crippen molar-refractivity contribution >= 4 is 22.9 Å². The Balaban J connectivity index is 0.00000116. The maximum absolute atomic E-state index is 11.6. The number of nitrogens with zero attached hydrogens (tertiary/aromatic N) is 1. The van der Waals surface area contributed by atoms with E-state index >= 15 is 0 Å². The van der Waals surface area contributed by atoms with E-state index in [1.54, 1.807) is 6.92 Å². The highest BCUT2D eigenvalue weighted by Gasteiger charge is 2.12. The first-order chi connectivity index (χ1) is 14.9. The number of rotatable bonds is 4. The number of imidazole rings is 1. The Morgan fingerprint density at radius 1 is 1.00 bits per heavy atom. The predicted molar refractivity (Wildman–Crippen MR) is 139 cm³/mol. The fourth-order valence-electron chi connectivity index (χ4n) is 2.97. The lowest BCUT2D eigenvalue weighted by molar-refractivity contribution is 0.101. The normalized spacial score (nSPS) is 9.87. The van der Waals surface area contributed by atoms with Gasteiger partial charge in [0.25, 0.3) is 0 Å². The molecule has 170 valence electrons. The maximum atomic E-state index is 11.6. The molecule has 0 fully saturated rings. The molecule has 0 unspecified atom stereocenters. The quantitative estimate of drug-likeness (QED) is 0.426. The lowest BCUT2D eigenvalue weighted by Gasteiger charge is -2.10. The Labute approximate surface area is 190 Å². The molecule has 31 heavy (non-hydrogen) atoms. The lowest BCUT2D eigenvalue weighted by Crippen LogP contribution is -1.92. The van der Waals surface area contributed by atoms with E-state index in [9.17, 15) is 4.79 Å². The fourth-order valence-corrected chi connectivity index (χ4v) is 2.97. The molecule has 0 atom stereocenters. The average molecular weight is 423 g/mol. The van der Waals surface area contributed by atoms with Crippen molar-refractivity contribution in [2.24, 2.45) is 0 Å². The van der Waals surface area contributed by atoms with Crippen LogP contribution in [0.5, 0.6) is 0 Å². The molecule has 0 saturated heterocycles. The third kappa shape index (κ3) is 7.82. The molecule has 0 radical (unpaired) electrons. The molecule has 3 aromatic rings. The van der Waals surface area contributed by atoms with Gasteiger partial charge in [-0.2, -0.15) is 0 Å². The number of hydrogen-bond acceptors (Lipinski definition) is 2. The Morgan fingerprint density at radius 2 is 1.61 bits per heavy atom. The zero-order chi connectivity index (χ0) is 24.0. The molecule has 0 bridgehead atoms. The predicted octanol–water partition coefficient (Wildman–Crippen LogP) is 8.94. The summed E-state index contributed by atoms with van der Waals surface area (Å²) in [4.78, 5) is 19.6. The van der Waals surface area contributed by atoms with Crippen molar-refractivity contribution in [2.75, 3.05) is 0 Å². The van der Waals surface area contributed by atoms with E-state index in [1.807, 2.05) is 45.9 Å². The number of aromatic amines is 1. The van der Waals surface area contributed by atoms with Gasteiger partial charge in [-0.15, -0.1) is 0 Å². The third-order valence-electron chi connectivity index (χ3n) is 4.40. The number of ketones is 1. The SMILES string of the molecule is CC.CC.CC/C=C\c1c(C)ccc(-c2nc3ccc(C(C)=O)cc3[nH]2)c1C.CCC. The molecular weight excluding hydrogens is 380 g/mol. The number of benzene rings is 2. The zero-order valence-corrected chi connectivity index (χ0v) is 21.3. The van der Waals surface area contributed by atoms with Crippen molar-refractivity contribution in [2.45, 2.75) is 82.1 Å². The number of hydrogen-bond donors (Lipinski definition) is 1. The molecule has 1 heterocycles. The smallest absolute Gasteiger partial charge is 0.159 e. The number of aromatic nitrogens is 2. The number of H-pyrrole nitrogens is 1. The number of fused-ring (bicyclic) bond motifs is 1. The van der Waals surface area contributed by atoms with E-state index in [0.717, 1.165) is 28.8 Å². The Hall–Kier alpha value is -2.68. The highest BCUT2D eigenvalue weighted by Crippen LogP contribution is 2.29. The third-order valence-corrected chi connectivity index (χ3v) is 4.40. The van der Waals surface area contributed by atoms with Crippen molar-refractivity contribution in [3.63, 3.8) is 0 Å². The number of carbonyl (C=O) groups excluding carboxylic acids is 1. The fraction of sp³-hybridized carbons (Fsp3) is 0.429. The molecule has 0 saturated carbocycles. The molecule has 1 aromatic heterocycles. The molecule has 0 spiro atoms. The van der Waals surface area contributed by atoms with Crippen molar-refractivity contribution in [1.82, 2.24) is 9.97 Å². The van der Waals surface area contributed by atoms with Gasteiger partial charge in [-0.1, -0.05) is 79.2 Å². The summed E-state index contributed by atoms with van der Waals surface area (Å²) < 4.78 is 0. The van der Waals surface area contributed by atoms with Crippen LogP contribution in [0.15, 0.2) is 36.4 Å². The summed E-state index contributed by atoms with van der Waals surface area (Å²) in [7, 11) is 0. The summed E-state index contributed by atoms with van der Waals surface area (Å²) in [5, 5.41) is 0. The van der Waals surface area contributed by atoms with Crippen LogP contribution in [0.4, 0.5) is 0 Å². The second-order valence-corrected chi connectivity index (χ2v) is 6.86. The minimum absolute atomic E-state index is 0.0616. The van der Waals surface area contributed by atoms with E-state index in [2.05, 4.69) is 63.9 Å². The van der Waals surface area contributed by atoms with Gasteiger partial charge in [0, 0.05) is 11.1 Å². The van der Waals surface area contributed by atoms with Crippen LogP contribution in [0.2, 0.25) is 0 Å². The van der Waals surface area contributed by atoms with Crippen LogP contribution in [-0.4, -0.2) is 15.8 Å². The number of Topliss-reactive ketones (excluding diaryl/α,β-unsaturated/α-hetero) is 1.